The smallest absolute Gasteiger partial charge is 0.340 e. The summed E-state index contributed by atoms with van der Waals surface area (Å²) in [6, 6.07) is 2.69. The minimum atomic E-state index is -0.644. The quantitative estimate of drug-likeness (QED) is 0.757. The summed E-state index contributed by atoms with van der Waals surface area (Å²) >= 11 is 0. The van der Waals surface area contributed by atoms with Crippen LogP contribution in [-0.4, -0.2) is 22.5 Å². The minimum absolute atomic E-state index is 0.267. The van der Waals surface area contributed by atoms with Crippen molar-refractivity contribution in [3.63, 3.8) is 0 Å². The van der Waals surface area contributed by atoms with Gasteiger partial charge >= 0.3 is 5.97 Å². The van der Waals surface area contributed by atoms with Crippen LogP contribution in [0.1, 0.15) is 28.5 Å². The first-order valence-corrected chi connectivity index (χ1v) is 5.54. The van der Waals surface area contributed by atoms with E-state index in [1.807, 2.05) is 0 Å². The Morgan fingerprint density at radius 2 is 2.00 bits per heavy atom. The van der Waals surface area contributed by atoms with E-state index in [1.54, 1.807) is 20.8 Å². The van der Waals surface area contributed by atoms with Gasteiger partial charge in [0.15, 0.2) is 0 Å². The third kappa shape index (κ3) is 4.08. The highest BCUT2D eigenvalue weighted by molar-refractivity contribution is 5.90. The summed E-state index contributed by atoms with van der Waals surface area (Å²) in [6.07, 6.45) is 2.68. The molecule has 0 unspecified atom stereocenters. The fraction of sp³-hybridized carbons (Fsp3) is 0.308. The molecule has 0 aliphatic heterocycles. The number of hydrogen-bond donors (Lipinski definition) is 0. The average molecular weight is 250 g/mol. The van der Waals surface area contributed by atoms with Crippen LogP contribution in [0.2, 0.25) is 0 Å². The van der Waals surface area contributed by atoms with Gasteiger partial charge in [-0.25, -0.2) is 9.78 Å². The number of halogens is 1. The Morgan fingerprint density at radius 1 is 1.28 bits per heavy atom. The van der Waals surface area contributed by atoms with E-state index < -0.39 is 11.9 Å². The number of esters is 1. The summed E-state index contributed by atoms with van der Waals surface area (Å²) < 4.78 is 18.1. The fourth-order valence-electron chi connectivity index (χ4n) is 1.19. The zero-order valence-electron chi connectivity index (χ0n) is 10.6. The third-order valence-corrected chi connectivity index (χ3v) is 2.16. The lowest BCUT2D eigenvalue weighted by Gasteiger charge is -2.02. The van der Waals surface area contributed by atoms with Crippen molar-refractivity contribution in [3.05, 3.63) is 47.3 Å². The predicted octanol–water partition coefficient (Wildman–Crippen LogP) is 2.53. The van der Waals surface area contributed by atoms with E-state index in [4.69, 9.17) is 4.74 Å². The molecule has 0 atom stereocenters. The molecule has 0 N–H and O–H groups in total. The van der Waals surface area contributed by atoms with Gasteiger partial charge in [-0.05, 0) is 38.5 Å². The SMILES string of the molecule is CCOC(=O)c1cnc(C)ccc(F)ncc1C. The Labute approximate surface area is 105 Å². The zero-order valence-corrected chi connectivity index (χ0v) is 10.6. The van der Waals surface area contributed by atoms with Crippen LogP contribution >= 0.6 is 0 Å². The number of nitrogens with zero attached hydrogens (tertiary/aromatic N) is 2. The maximum Gasteiger partial charge on any atom is 0.340 e. The monoisotopic (exact) mass is 250 g/mol. The Kier molecular flexibility index (Phi) is 5.17. The fourth-order valence-corrected chi connectivity index (χ4v) is 1.19. The molecule has 0 aromatic carbocycles. The summed E-state index contributed by atoms with van der Waals surface area (Å²) in [7, 11) is 0. The van der Waals surface area contributed by atoms with Crippen LogP contribution < -0.4 is 0 Å². The van der Waals surface area contributed by atoms with Gasteiger partial charge < -0.3 is 4.74 Å². The average Bonchev–Trinajstić information content (AvgIpc) is 2.33. The first kappa shape index (κ1) is 14.0. The van der Waals surface area contributed by atoms with Gasteiger partial charge in [0, 0.05) is 18.1 Å². The Morgan fingerprint density at radius 3 is 2.67 bits per heavy atom. The molecular weight excluding hydrogens is 235 g/mol. The maximum atomic E-state index is 13.2. The van der Waals surface area contributed by atoms with Crippen LogP contribution in [0.25, 0.3) is 0 Å². The lowest BCUT2D eigenvalue weighted by molar-refractivity contribution is 0.0525. The molecule has 0 radical (unpaired) electrons. The van der Waals surface area contributed by atoms with Crippen LogP contribution in [0.15, 0.2) is 24.5 Å². The zero-order chi connectivity index (χ0) is 13.5. The van der Waals surface area contributed by atoms with Crippen molar-refractivity contribution in [1.82, 2.24) is 9.97 Å². The van der Waals surface area contributed by atoms with Gasteiger partial charge in [0.05, 0.1) is 12.2 Å². The molecule has 0 fully saturated rings. The van der Waals surface area contributed by atoms with Crippen molar-refractivity contribution in [2.45, 2.75) is 20.8 Å². The van der Waals surface area contributed by atoms with Crippen molar-refractivity contribution in [1.29, 1.82) is 0 Å². The minimum Gasteiger partial charge on any atom is -0.462 e. The first-order chi connectivity index (χ1) is 8.54. The topological polar surface area (TPSA) is 52.1 Å². The van der Waals surface area contributed by atoms with Gasteiger partial charge in [-0.3, -0.25) is 4.98 Å². The Hall–Kier alpha value is -2.04. The van der Waals surface area contributed by atoms with Crippen LogP contribution in [0, 0.1) is 19.8 Å². The van der Waals surface area contributed by atoms with E-state index in [1.165, 1.54) is 24.5 Å². The molecular formula is C13H15FN2O2. The highest BCUT2D eigenvalue weighted by Crippen LogP contribution is 2.05. The van der Waals surface area contributed by atoms with Gasteiger partial charge in [0.1, 0.15) is 0 Å². The van der Waals surface area contributed by atoms with E-state index in [-0.39, 0.29) is 12.2 Å². The summed E-state index contributed by atoms with van der Waals surface area (Å²) in [5.41, 5.74) is 1.33. The van der Waals surface area contributed by atoms with E-state index in [0.717, 1.165) is 0 Å². The molecule has 96 valence electrons. The Balaban J connectivity index is 3.41. The largest absolute Gasteiger partial charge is 0.462 e. The molecule has 0 aliphatic rings. The number of aromatic nitrogens is 2. The highest BCUT2D eigenvalue weighted by Gasteiger charge is 2.08. The normalized spacial score (nSPS) is 9.56. The van der Waals surface area contributed by atoms with E-state index in [0.29, 0.717) is 11.3 Å². The molecule has 0 saturated carbocycles. The molecule has 18 heavy (non-hydrogen) atoms. The highest BCUT2D eigenvalue weighted by atomic mass is 19.1. The number of hydrogen-bond acceptors (Lipinski definition) is 4. The molecule has 1 aromatic rings. The number of rotatable bonds is 2. The van der Waals surface area contributed by atoms with E-state index >= 15 is 0 Å². The molecule has 1 rings (SSSR count). The van der Waals surface area contributed by atoms with Crippen molar-refractivity contribution in [3.8, 4) is 0 Å². The lowest BCUT2D eigenvalue weighted by Crippen LogP contribution is -2.06. The molecule has 0 amide bonds. The second-order valence-electron chi connectivity index (χ2n) is 3.63. The van der Waals surface area contributed by atoms with Crippen LogP contribution in [0.4, 0.5) is 4.39 Å². The molecule has 4 nitrogen and oxygen atoms in total. The molecule has 0 spiro atoms. The van der Waals surface area contributed by atoms with Gasteiger partial charge in [-0.1, -0.05) is 0 Å². The second kappa shape index (κ2) is 6.64. The number of carbonyl (C=O) groups is 1. The summed E-state index contributed by atoms with van der Waals surface area (Å²) in [5.74, 6) is -1.14. The summed E-state index contributed by atoms with van der Waals surface area (Å²) in [6.45, 7) is 5.33. The van der Waals surface area contributed by atoms with Gasteiger partial charge in [0.2, 0.25) is 5.95 Å². The molecule has 1 aromatic heterocycles. The van der Waals surface area contributed by atoms with Crippen molar-refractivity contribution in [2.24, 2.45) is 0 Å². The molecule has 5 heteroatoms. The second-order valence-corrected chi connectivity index (χ2v) is 3.63. The molecule has 0 bridgehead atoms. The lowest BCUT2D eigenvalue weighted by atomic mass is 10.2. The number of carbonyl (C=O) groups excluding carboxylic acids is 1. The maximum absolute atomic E-state index is 13.2. The molecule has 0 aliphatic carbocycles. The third-order valence-electron chi connectivity index (χ3n) is 2.16. The van der Waals surface area contributed by atoms with Crippen molar-refractivity contribution < 1.29 is 13.9 Å². The first-order valence-electron chi connectivity index (χ1n) is 5.54. The Bertz CT molecular complexity index is 503. The van der Waals surface area contributed by atoms with Crippen molar-refractivity contribution >= 4 is 5.97 Å². The van der Waals surface area contributed by atoms with E-state index in [9.17, 15) is 9.18 Å². The summed E-state index contributed by atoms with van der Waals surface area (Å²) in [4.78, 5) is 19.3. The van der Waals surface area contributed by atoms with Crippen LogP contribution in [0.5, 0.6) is 0 Å². The standard InChI is InChI=1S/C13H15FN2O2/c1-4-18-13(17)11-8-15-10(3)5-6-12(14)16-7-9(11)2/h5-8H,4H2,1-3H3. The van der Waals surface area contributed by atoms with Gasteiger partial charge in [-0.2, -0.15) is 4.39 Å². The van der Waals surface area contributed by atoms with Gasteiger partial charge in [0.25, 0.3) is 0 Å². The van der Waals surface area contributed by atoms with Gasteiger partial charge in [-0.15, -0.1) is 0 Å². The van der Waals surface area contributed by atoms with Crippen molar-refractivity contribution in [2.75, 3.05) is 6.61 Å². The number of aryl methyl sites for hydroxylation is 2. The number of ether oxygens (including phenoxy) is 1. The van der Waals surface area contributed by atoms with E-state index in [2.05, 4.69) is 9.97 Å². The van der Waals surface area contributed by atoms with Crippen LogP contribution in [0.3, 0.4) is 0 Å². The van der Waals surface area contributed by atoms with Crippen LogP contribution in [-0.2, 0) is 4.74 Å². The predicted molar refractivity (Wildman–Crippen MR) is 65.0 cm³/mol. The molecule has 0 saturated heterocycles. The molecule has 1 heterocycles. The summed E-state index contributed by atoms with van der Waals surface area (Å²) in [5, 5.41) is 0.